The lowest BCUT2D eigenvalue weighted by Crippen LogP contribution is -2.47. The Labute approximate surface area is 99.5 Å². The molecule has 1 heterocycles. The van der Waals surface area contributed by atoms with Crippen molar-refractivity contribution < 1.29 is 15.0 Å². The molecule has 0 aromatic heterocycles. The third kappa shape index (κ3) is 2.57. The summed E-state index contributed by atoms with van der Waals surface area (Å²) in [6.45, 7) is -0.524. The van der Waals surface area contributed by atoms with Crippen LogP contribution in [0.3, 0.4) is 0 Å². The van der Waals surface area contributed by atoms with Crippen LogP contribution in [0.25, 0.3) is 0 Å². The molecule has 17 heavy (non-hydrogen) atoms. The van der Waals surface area contributed by atoms with E-state index in [0.29, 0.717) is 6.42 Å². The molecule has 0 fully saturated rings. The predicted octanol–water partition coefficient (Wildman–Crippen LogP) is -0.507. The van der Waals surface area contributed by atoms with E-state index in [1.165, 1.54) is 0 Å². The van der Waals surface area contributed by atoms with Gasteiger partial charge in [-0.15, -0.1) is 0 Å². The van der Waals surface area contributed by atoms with Gasteiger partial charge in [0, 0.05) is 12.1 Å². The Bertz CT molecular complexity index is 379. The molecule has 92 valence electrons. The van der Waals surface area contributed by atoms with Crippen LogP contribution < -0.4 is 10.6 Å². The predicted molar refractivity (Wildman–Crippen MR) is 63.7 cm³/mol. The maximum Gasteiger partial charge on any atom is 0.243 e. The van der Waals surface area contributed by atoms with E-state index in [9.17, 15) is 4.79 Å². The summed E-state index contributed by atoms with van der Waals surface area (Å²) in [5, 5.41) is 23.5. The highest BCUT2D eigenvalue weighted by Gasteiger charge is 2.27. The van der Waals surface area contributed by atoms with Crippen LogP contribution in [0.5, 0.6) is 0 Å². The number of anilines is 1. The van der Waals surface area contributed by atoms with Crippen molar-refractivity contribution >= 4 is 11.6 Å². The smallest absolute Gasteiger partial charge is 0.243 e. The molecule has 0 radical (unpaired) electrons. The maximum absolute atomic E-state index is 11.8. The Morgan fingerprint density at radius 1 is 1.41 bits per heavy atom. The van der Waals surface area contributed by atoms with Crippen LogP contribution >= 0.6 is 0 Å². The van der Waals surface area contributed by atoms with E-state index in [0.717, 1.165) is 11.3 Å². The minimum absolute atomic E-state index is 0.200. The lowest BCUT2D eigenvalue weighted by Gasteiger charge is -2.17. The van der Waals surface area contributed by atoms with Crippen LogP contribution in [0.15, 0.2) is 24.3 Å². The molecule has 2 rings (SSSR count). The number of carbonyl (C=O) groups excluding carboxylic acids is 1. The van der Waals surface area contributed by atoms with Crippen molar-refractivity contribution in [3.05, 3.63) is 29.8 Å². The Morgan fingerprint density at radius 3 is 2.76 bits per heavy atom. The van der Waals surface area contributed by atoms with Gasteiger partial charge in [0.15, 0.2) is 0 Å². The monoisotopic (exact) mass is 236 g/mol. The molecule has 0 bridgehead atoms. The third-order valence-electron chi connectivity index (χ3n) is 2.87. The largest absolute Gasteiger partial charge is 0.394 e. The molecule has 1 atom stereocenters. The van der Waals surface area contributed by atoms with Crippen molar-refractivity contribution in [3.8, 4) is 0 Å². The Hall–Kier alpha value is -1.59. The minimum atomic E-state index is -0.590. The highest BCUT2D eigenvalue weighted by atomic mass is 16.3. The maximum atomic E-state index is 11.8. The van der Waals surface area contributed by atoms with Crippen LogP contribution in [0.2, 0.25) is 0 Å². The van der Waals surface area contributed by atoms with Gasteiger partial charge >= 0.3 is 0 Å². The molecular formula is C12H16N2O3. The molecule has 5 heteroatoms. The molecule has 0 aliphatic carbocycles. The van der Waals surface area contributed by atoms with Gasteiger partial charge in [0.2, 0.25) is 5.91 Å². The Balaban J connectivity index is 1.96. The summed E-state index contributed by atoms with van der Waals surface area (Å²) in [7, 11) is 0. The summed E-state index contributed by atoms with van der Waals surface area (Å²) in [5.41, 5.74) is 2.08. The molecule has 5 nitrogen and oxygen atoms in total. The zero-order chi connectivity index (χ0) is 12.3. The summed E-state index contributed by atoms with van der Waals surface area (Å²) in [4.78, 5) is 11.8. The number of aliphatic hydroxyl groups excluding tert-OH is 2. The molecule has 1 aliphatic heterocycles. The summed E-state index contributed by atoms with van der Waals surface area (Å²) < 4.78 is 0. The van der Waals surface area contributed by atoms with Crippen LogP contribution in [-0.4, -0.2) is 41.4 Å². The second-order valence-electron chi connectivity index (χ2n) is 4.13. The van der Waals surface area contributed by atoms with Crippen molar-refractivity contribution in [2.24, 2.45) is 0 Å². The van der Waals surface area contributed by atoms with Crippen LogP contribution in [-0.2, 0) is 11.2 Å². The average Bonchev–Trinajstić information content (AvgIpc) is 2.79. The van der Waals surface area contributed by atoms with Crippen molar-refractivity contribution in [1.82, 2.24) is 5.32 Å². The minimum Gasteiger partial charge on any atom is -0.394 e. The second kappa shape index (κ2) is 5.16. The Morgan fingerprint density at radius 2 is 2.12 bits per heavy atom. The van der Waals surface area contributed by atoms with Gasteiger partial charge in [-0.1, -0.05) is 18.2 Å². The van der Waals surface area contributed by atoms with Crippen molar-refractivity contribution in [3.63, 3.8) is 0 Å². The second-order valence-corrected chi connectivity index (χ2v) is 4.13. The number of rotatable bonds is 4. The normalized spacial score (nSPS) is 17.7. The Kier molecular flexibility index (Phi) is 3.61. The van der Waals surface area contributed by atoms with E-state index in [1.807, 2.05) is 24.3 Å². The van der Waals surface area contributed by atoms with Gasteiger partial charge in [-0.2, -0.15) is 0 Å². The van der Waals surface area contributed by atoms with E-state index in [1.54, 1.807) is 0 Å². The molecule has 4 N–H and O–H groups in total. The van der Waals surface area contributed by atoms with Gasteiger partial charge in [0.05, 0.1) is 19.3 Å². The number of nitrogens with one attached hydrogen (secondary N) is 2. The van der Waals surface area contributed by atoms with Crippen LogP contribution in [0.1, 0.15) is 5.56 Å². The highest BCUT2D eigenvalue weighted by Crippen LogP contribution is 2.25. The third-order valence-corrected chi connectivity index (χ3v) is 2.87. The van der Waals surface area contributed by atoms with Gasteiger partial charge in [-0.25, -0.2) is 0 Å². The first kappa shape index (κ1) is 11.9. The molecule has 0 spiro atoms. The van der Waals surface area contributed by atoms with E-state index >= 15 is 0 Å². The number of benzene rings is 1. The quantitative estimate of drug-likeness (QED) is 0.567. The van der Waals surface area contributed by atoms with E-state index in [2.05, 4.69) is 10.6 Å². The summed E-state index contributed by atoms with van der Waals surface area (Å²) >= 11 is 0. The zero-order valence-electron chi connectivity index (χ0n) is 9.39. The van der Waals surface area contributed by atoms with Gasteiger partial charge in [0.1, 0.15) is 6.04 Å². The first-order valence-corrected chi connectivity index (χ1v) is 5.61. The molecule has 1 amide bonds. The number of aliphatic hydroxyl groups is 2. The fourth-order valence-corrected chi connectivity index (χ4v) is 1.91. The summed E-state index contributed by atoms with van der Waals surface area (Å²) in [6, 6.07) is 6.84. The molecule has 1 aromatic carbocycles. The van der Waals surface area contributed by atoms with E-state index in [4.69, 9.17) is 10.2 Å². The topological polar surface area (TPSA) is 81.6 Å². The SMILES string of the molecule is O=C(NC(CO)CO)C1Cc2ccccc2N1. The van der Waals surface area contributed by atoms with Crippen LogP contribution in [0.4, 0.5) is 5.69 Å². The average molecular weight is 236 g/mol. The van der Waals surface area contributed by atoms with Crippen LogP contribution in [0, 0.1) is 0 Å². The number of hydrogen-bond acceptors (Lipinski definition) is 4. The number of amides is 1. The number of carbonyl (C=O) groups is 1. The zero-order valence-corrected chi connectivity index (χ0v) is 9.39. The molecule has 0 saturated heterocycles. The molecular weight excluding hydrogens is 220 g/mol. The van der Waals surface area contributed by atoms with Gasteiger partial charge < -0.3 is 20.8 Å². The number of fused-ring (bicyclic) bond motifs is 1. The van der Waals surface area contributed by atoms with Crippen molar-refractivity contribution in [1.29, 1.82) is 0 Å². The molecule has 1 aliphatic rings. The highest BCUT2D eigenvalue weighted by molar-refractivity contribution is 5.87. The number of hydrogen-bond donors (Lipinski definition) is 4. The molecule has 1 aromatic rings. The van der Waals surface area contributed by atoms with Gasteiger partial charge in [-0.3, -0.25) is 4.79 Å². The van der Waals surface area contributed by atoms with E-state index < -0.39 is 6.04 Å². The molecule has 0 saturated carbocycles. The lowest BCUT2D eigenvalue weighted by atomic mass is 10.1. The standard InChI is InChI=1S/C12H16N2O3/c15-6-9(7-16)13-12(17)11-5-8-3-1-2-4-10(8)14-11/h1-4,9,11,14-16H,5-7H2,(H,13,17). The van der Waals surface area contributed by atoms with Crippen molar-refractivity contribution in [2.75, 3.05) is 18.5 Å². The lowest BCUT2D eigenvalue weighted by molar-refractivity contribution is -0.123. The summed E-state index contributed by atoms with van der Waals surface area (Å²) in [6.07, 6.45) is 0.631. The fraction of sp³-hybridized carbons (Fsp3) is 0.417. The fourth-order valence-electron chi connectivity index (χ4n) is 1.91. The van der Waals surface area contributed by atoms with Crippen molar-refractivity contribution in [2.45, 2.75) is 18.5 Å². The van der Waals surface area contributed by atoms with Gasteiger partial charge in [0.25, 0.3) is 0 Å². The number of para-hydroxylation sites is 1. The first-order valence-electron chi connectivity index (χ1n) is 5.61. The first-order chi connectivity index (χ1) is 8.24. The van der Waals surface area contributed by atoms with Gasteiger partial charge in [-0.05, 0) is 11.6 Å². The molecule has 1 unspecified atom stereocenters. The summed E-state index contributed by atoms with van der Waals surface area (Å²) in [5.74, 6) is -0.200. The van der Waals surface area contributed by atoms with E-state index in [-0.39, 0.29) is 25.2 Å².